The van der Waals surface area contributed by atoms with Gasteiger partial charge in [0.05, 0.1) is 24.9 Å². The van der Waals surface area contributed by atoms with Gasteiger partial charge in [-0.05, 0) is 19.1 Å². The summed E-state index contributed by atoms with van der Waals surface area (Å²) >= 11 is 0. The van der Waals surface area contributed by atoms with Crippen LogP contribution in [-0.4, -0.2) is 28.3 Å². The topological polar surface area (TPSA) is 97.5 Å². The highest BCUT2D eigenvalue weighted by Gasteiger charge is 2.12. The first-order chi connectivity index (χ1) is 9.10. The molecule has 1 heterocycles. The standard InChI is InChI=1S/C12H13N3O4/c1-7-14-11(19-15-7)6-13-10-5-8(18-2)3-4-9(10)12(16)17/h3-5,13H,6H2,1-2H3,(H,16,17). The molecule has 0 saturated heterocycles. The van der Waals surface area contributed by atoms with Crippen molar-refractivity contribution in [3.63, 3.8) is 0 Å². The summed E-state index contributed by atoms with van der Waals surface area (Å²) in [6.07, 6.45) is 0. The van der Waals surface area contributed by atoms with Gasteiger partial charge in [0, 0.05) is 6.07 Å². The molecule has 19 heavy (non-hydrogen) atoms. The molecule has 0 amide bonds. The zero-order valence-corrected chi connectivity index (χ0v) is 10.5. The number of carboxylic acid groups (broad SMARTS) is 1. The van der Waals surface area contributed by atoms with Crippen molar-refractivity contribution in [2.24, 2.45) is 0 Å². The maximum atomic E-state index is 11.1. The number of carboxylic acids is 1. The minimum absolute atomic E-state index is 0.150. The Labute approximate surface area is 109 Å². The molecular weight excluding hydrogens is 250 g/mol. The Kier molecular flexibility index (Phi) is 3.65. The summed E-state index contributed by atoms with van der Waals surface area (Å²) in [6.45, 7) is 1.95. The lowest BCUT2D eigenvalue weighted by Gasteiger charge is -2.09. The van der Waals surface area contributed by atoms with Gasteiger partial charge in [0.1, 0.15) is 5.75 Å². The van der Waals surface area contributed by atoms with Gasteiger partial charge in [0.2, 0.25) is 5.89 Å². The molecule has 7 heteroatoms. The number of nitrogens with one attached hydrogen (secondary N) is 1. The zero-order valence-electron chi connectivity index (χ0n) is 10.5. The van der Waals surface area contributed by atoms with E-state index in [9.17, 15) is 4.79 Å². The molecule has 0 radical (unpaired) electrons. The van der Waals surface area contributed by atoms with Crippen molar-refractivity contribution in [2.75, 3.05) is 12.4 Å². The molecule has 1 aromatic heterocycles. The Hall–Kier alpha value is -2.57. The number of hydrogen-bond donors (Lipinski definition) is 2. The summed E-state index contributed by atoms with van der Waals surface area (Å²) in [4.78, 5) is 15.1. The monoisotopic (exact) mass is 263 g/mol. The molecule has 0 aliphatic heterocycles. The number of aromatic nitrogens is 2. The number of aromatic carboxylic acids is 1. The molecule has 1 aromatic carbocycles. The Morgan fingerprint density at radius 1 is 1.53 bits per heavy atom. The van der Waals surface area contributed by atoms with Crippen LogP contribution in [0.4, 0.5) is 5.69 Å². The van der Waals surface area contributed by atoms with Crippen molar-refractivity contribution in [3.05, 3.63) is 35.5 Å². The van der Waals surface area contributed by atoms with Crippen LogP contribution in [0.2, 0.25) is 0 Å². The van der Waals surface area contributed by atoms with E-state index in [0.29, 0.717) is 23.2 Å². The van der Waals surface area contributed by atoms with Crippen molar-refractivity contribution in [3.8, 4) is 5.75 Å². The fourth-order valence-corrected chi connectivity index (χ4v) is 1.57. The smallest absolute Gasteiger partial charge is 0.337 e. The van der Waals surface area contributed by atoms with E-state index in [1.807, 2.05) is 0 Å². The number of methoxy groups -OCH3 is 1. The predicted molar refractivity (Wildman–Crippen MR) is 66.3 cm³/mol. The number of nitrogens with zero attached hydrogens (tertiary/aromatic N) is 2. The predicted octanol–water partition coefficient (Wildman–Crippen LogP) is 1.70. The van der Waals surface area contributed by atoms with Gasteiger partial charge in [-0.25, -0.2) is 4.79 Å². The highest BCUT2D eigenvalue weighted by Crippen LogP contribution is 2.23. The van der Waals surface area contributed by atoms with Crippen molar-refractivity contribution >= 4 is 11.7 Å². The van der Waals surface area contributed by atoms with Crippen LogP contribution in [0.25, 0.3) is 0 Å². The number of ether oxygens (including phenoxy) is 1. The summed E-state index contributed by atoms with van der Waals surface area (Å²) in [5, 5.41) is 15.7. The van der Waals surface area contributed by atoms with Gasteiger partial charge in [-0.15, -0.1) is 0 Å². The van der Waals surface area contributed by atoms with Gasteiger partial charge >= 0.3 is 5.97 Å². The van der Waals surface area contributed by atoms with Crippen LogP contribution in [0, 0.1) is 6.92 Å². The largest absolute Gasteiger partial charge is 0.497 e. The molecule has 2 aromatic rings. The summed E-state index contributed by atoms with van der Waals surface area (Å²) in [7, 11) is 1.51. The van der Waals surface area contributed by atoms with Crippen LogP contribution >= 0.6 is 0 Å². The quantitative estimate of drug-likeness (QED) is 0.847. The van der Waals surface area contributed by atoms with E-state index >= 15 is 0 Å². The minimum atomic E-state index is -1.02. The van der Waals surface area contributed by atoms with E-state index in [1.165, 1.54) is 13.2 Å². The first-order valence-corrected chi connectivity index (χ1v) is 5.54. The highest BCUT2D eigenvalue weighted by molar-refractivity contribution is 5.94. The maximum absolute atomic E-state index is 11.1. The van der Waals surface area contributed by atoms with E-state index < -0.39 is 5.97 Å². The van der Waals surface area contributed by atoms with Crippen LogP contribution in [0.1, 0.15) is 22.1 Å². The number of benzene rings is 1. The second kappa shape index (κ2) is 5.38. The molecular formula is C12H13N3O4. The Morgan fingerprint density at radius 2 is 2.32 bits per heavy atom. The molecule has 7 nitrogen and oxygen atoms in total. The van der Waals surface area contributed by atoms with Crippen LogP contribution in [0.15, 0.2) is 22.7 Å². The third-order valence-corrected chi connectivity index (χ3v) is 2.46. The van der Waals surface area contributed by atoms with Gasteiger partial charge in [0.25, 0.3) is 0 Å². The molecule has 0 aliphatic carbocycles. The van der Waals surface area contributed by atoms with Crippen LogP contribution in [-0.2, 0) is 6.54 Å². The average Bonchev–Trinajstić information content (AvgIpc) is 2.81. The molecule has 0 atom stereocenters. The number of carbonyl (C=O) groups is 1. The second-order valence-electron chi connectivity index (χ2n) is 3.81. The SMILES string of the molecule is COc1ccc(C(=O)O)c(NCc2nc(C)no2)c1. The number of anilines is 1. The molecule has 0 saturated carbocycles. The fourth-order valence-electron chi connectivity index (χ4n) is 1.57. The summed E-state index contributed by atoms with van der Waals surface area (Å²) in [5.74, 6) is 0.457. The first-order valence-electron chi connectivity index (χ1n) is 5.54. The fraction of sp³-hybridized carbons (Fsp3) is 0.250. The highest BCUT2D eigenvalue weighted by atomic mass is 16.5. The van der Waals surface area contributed by atoms with E-state index in [1.54, 1.807) is 19.1 Å². The van der Waals surface area contributed by atoms with Gasteiger partial charge < -0.3 is 19.7 Å². The van der Waals surface area contributed by atoms with Gasteiger partial charge in [0.15, 0.2) is 5.82 Å². The average molecular weight is 263 g/mol. The molecule has 0 bridgehead atoms. The first kappa shape index (κ1) is 12.9. The van der Waals surface area contributed by atoms with Crippen molar-refractivity contribution < 1.29 is 19.2 Å². The van der Waals surface area contributed by atoms with E-state index in [4.69, 9.17) is 14.4 Å². The second-order valence-corrected chi connectivity index (χ2v) is 3.81. The molecule has 0 fully saturated rings. The lowest BCUT2D eigenvalue weighted by molar-refractivity contribution is 0.0698. The van der Waals surface area contributed by atoms with Crippen molar-refractivity contribution in [1.29, 1.82) is 0 Å². The number of rotatable bonds is 5. The zero-order chi connectivity index (χ0) is 13.8. The van der Waals surface area contributed by atoms with E-state index in [2.05, 4.69) is 15.5 Å². The molecule has 100 valence electrons. The molecule has 2 rings (SSSR count). The summed E-state index contributed by atoms with van der Waals surface area (Å²) < 4.78 is 10.0. The van der Waals surface area contributed by atoms with E-state index in [-0.39, 0.29) is 12.1 Å². The number of aryl methyl sites for hydroxylation is 1. The Bertz CT molecular complexity index is 594. The Morgan fingerprint density at radius 3 is 2.89 bits per heavy atom. The lowest BCUT2D eigenvalue weighted by Crippen LogP contribution is -2.07. The van der Waals surface area contributed by atoms with Gasteiger partial charge in [-0.3, -0.25) is 0 Å². The third kappa shape index (κ3) is 3.01. The van der Waals surface area contributed by atoms with Crippen LogP contribution < -0.4 is 10.1 Å². The van der Waals surface area contributed by atoms with Crippen LogP contribution in [0.5, 0.6) is 5.75 Å². The summed E-state index contributed by atoms with van der Waals surface area (Å²) in [6, 6.07) is 4.67. The summed E-state index contributed by atoms with van der Waals surface area (Å²) in [5.41, 5.74) is 0.583. The Balaban J connectivity index is 2.19. The van der Waals surface area contributed by atoms with Gasteiger partial charge in [-0.2, -0.15) is 4.98 Å². The number of hydrogen-bond acceptors (Lipinski definition) is 6. The minimum Gasteiger partial charge on any atom is -0.497 e. The normalized spacial score (nSPS) is 10.2. The molecule has 0 aliphatic rings. The molecule has 0 unspecified atom stereocenters. The lowest BCUT2D eigenvalue weighted by atomic mass is 10.1. The molecule has 2 N–H and O–H groups in total. The van der Waals surface area contributed by atoms with Crippen LogP contribution in [0.3, 0.4) is 0 Å². The van der Waals surface area contributed by atoms with Crippen molar-refractivity contribution in [2.45, 2.75) is 13.5 Å². The maximum Gasteiger partial charge on any atom is 0.337 e. The third-order valence-electron chi connectivity index (χ3n) is 2.46. The molecule has 0 spiro atoms. The van der Waals surface area contributed by atoms with Crippen molar-refractivity contribution in [1.82, 2.24) is 10.1 Å². The van der Waals surface area contributed by atoms with E-state index in [0.717, 1.165) is 0 Å². The van der Waals surface area contributed by atoms with Gasteiger partial charge in [-0.1, -0.05) is 5.16 Å².